The summed E-state index contributed by atoms with van der Waals surface area (Å²) in [5.74, 6) is -3.32. The number of alkyl halides is 3. The van der Waals surface area contributed by atoms with Gasteiger partial charge in [-0.15, -0.1) is 0 Å². The highest BCUT2D eigenvalue weighted by molar-refractivity contribution is 6.54. The maximum absolute atomic E-state index is 14.5. The molecule has 7 nitrogen and oxygen atoms in total. The van der Waals surface area contributed by atoms with E-state index in [0.717, 1.165) is 41.5 Å². The number of halogens is 4. The molecule has 4 aromatic rings. The zero-order valence-corrected chi connectivity index (χ0v) is 21.5. The number of para-hydroxylation sites is 1. The van der Waals surface area contributed by atoms with Crippen molar-refractivity contribution in [3.05, 3.63) is 100 Å². The molecule has 0 aromatic heterocycles. The van der Waals surface area contributed by atoms with E-state index in [0.29, 0.717) is 0 Å². The Balaban J connectivity index is 1.58. The van der Waals surface area contributed by atoms with E-state index in [1.165, 1.54) is 18.2 Å². The van der Waals surface area contributed by atoms with E-state index >= 15 is 0 Å². The number of carboxylic acid groups (broad SMARTS) is 1. The third-order valence-electron chi connectivity index (χ3n) is 6.84. The van der Waals surface area contributed by atoms with Gasteiger partial charge in [0.25, 0.3) is 5.91 Å². The van der Waals surface area contributed by atoms with Gasteiger partial charge in [0.15, 0.2) is 5.71 Å². The lowest BCUT2D eigenvalue weighted by atomic mass is 9.92. The normalized spacial score (nSPS) is 13.7. The lowest BCUT2D eigenvalue weighted by molar-refractivity contribution is -0.137. The molecule has 0 fully saturated rings. The average molecular weight is 564 g/mol. The molecule has 11 heteroatoms. The number of hydrazone groups is 1. The molecule has 1 aliphatic heterocycles. The molecule has 1 heterocycles. The number of carbonyl (C=O) groups excluding carboxylic acids is 1. The number of aromatic carboxylic acids is 1. The van der Waals surface area contributed by atoms with Gasteiger partial charge in [-0.05, 0) is 66.9 Å². The number of nitrogens with one attached hydrogen (secondary N) is 2. The Kier molecular flexibility index (Phi) is 6.74. The van der Waals surface area contributed by atoms with Gasteiger partial charge in [0.1, 0.15) is 11.6 Å². The number of carboxylic acids is 1. The summed E-state index contributed by atoms with van der Waals surface area (Å²) in [7, 11) is 0. The van der Waals surface area contributed by atoms with Crippen molar-refractivity contribution in [1.82, 2.24) is 0 Å². The smallest absolute Gasteiger partial charge is 0.417 e. The van der Waals surface area contributed by atoms with Gasteiger partial charge < -0.3 is 15.5 Å². The second-order valence-electron chi connectivity index (χ2n) is 9.44. The van der Waals surface area contributed by atoms with Crippen molar-refractivity contribution in [1.29, 1.82) is 0 Å². The molecule has 0 saturated carbocycles. The summed E-state index contributed by atoms with van der Waals surface area (Å²) >= 11 is 0. The lowest BCUT2D eigenvalue weighted by Gasteiger charge is -2.17. The number of phenolic OH excluding ortho intramolecular Hbond substituents is 1. The van der Waals surface area contributed by atoms with Crippen LogP contribution in [0.25, 0.3) is 22.3 Å². The maximum Gasteiger partial charge on any atom is 0.417 e. The van der Waals surface area contributed by atoms with Crippen LogP contribution in [0.3, 0.4) is 0 Å². The van der Waals surface area contributed by atoms with Crippen molar-refractivity contribution < 1.29 is 37.4 Å². The van der Waals surface area contributed by atoms with E-state index in [1.807, 2.05) is 6.92 Å². The zero-order chi connectivity index (χ0) is 29.6. The Labute approximate surface area is 230 Å². The number of hydrogen-bond acceptors (Lipinski definition) is 5. The molecule has 0 unspecified atom stereocenters. The van der Waals surface area contributed by atoms with Crippen molar-refractivity contribution in [2.75, 3.05) is 10.7 Å². The van der Waals surface area contributed by atoms with Gasteiger partial charge in [0, 0.05) is 22.3 Å². The fourth-order valence-corrected chi connectivity index (χ4v) is 4.60. The van der Waals surface area contributed by atoms with Crippen LogP contribution in [0.15, 0.2) is 71.8 Å². The van der Waals surface area contributed by atoms with Crippen molar-refractivity contribution in [2.24, 2.45) is 5.10 Å². The fraction of sp³-hybridized carbons (Fsp3) is 0.100. The van der Waals surface area contributed by atoms with E-state index in [9.17, 15) is 37.4 Å². The number of nitrogens with zero attached hydrogens (tertiary/aromatic N) is 1. The second kappa shape index (κ2) is 10.1. The first kappa shape index (κ1) is 27.4. The summed E-state index contributed by atoms with van der Waals surface area (Å²) in [6.45, 7) is 3.61. The van der Waals surface area contributed by atoms with Crippen LogP contribution in [0.2, 0.25) is 0 Å². The van der Waals surface area contributed by atoms with Gasteiger partial charge in [-0.25, -0.2) is 9.18 Å². The Morgan fingerprint density at radius 2 is 1.68 bits per heavy atom. The van der Waals surface area contributed by atoms with E-state index in [-0.39, 0.29) is 50.5 Å². The first-order valence-electron chi connectivity index (χ1n) is 12.2. The molecular weight excluding hydrogens is 542 g/mol. The predicted octanol–water partition coefficient (Wildman–Crippen LogP) is 6.97. The Hall–Kier alpha value is -5.19. The number of aromatic hydroxyl groups is 1. The molecule has 5 rings (SSSR count). The number of carbonyl (C=O) groups is 2. The van der Waals surface area contributed by atoms with E-state index < -0.39 is 35.2 Å². The molecule has 1 amide bonds. The first-order chi connectivity index (χ1) is 19.4. The van der Waals surface area contributed by atoms with Crippen LogP contribution in [0.1, 0.15) is 32.6 Å². The van der Waals surface area contributed by atoms with Crippen molar-refractivity contribution in [2.45, 2.75) is 20.0 Å². The molecule has 0 saturated heterocycles. The van der Waals surface area contributed by atoms with E-state index in [4.69, 9.17) is 0 Å². The summed E-state index contributed by atoms with van der Waals surface area (Å²) in [4.78, 5) is 24.2. The second-order valence-corrected chi connectivity index (χ2v) is 9.44. The van der Waals surface area contributed by atoms with Gasteiger partial charge >= 0.3 is 12.1 Å². The molecule has 0 bridgehead atoms. The Morgan fingerprint density at radius 1 is 0.927 bits per heavy atom. The van der Waals surface area contributed by atoms with Gasteiger partial charge in [-0.2, -0.15) is 18.3 Å². The summed E-state index contributed by atoms with van der Waals surface area (Å²) < 4.78 is 56.6. The molecule has 208 valence electrons. The van der Waals surface area contributed by atoms with Crippen molar-refractivity contribution in [3.63, 3.8) is 0 Å². The van der Waals surface area contributed by atoms with Crippen LogP contribution in [0.5, 0.6) is 5.75 Å². The molecular formula is C30H21F4N3O4. The predicted molar refractivity (Wildman–Crippen MR) is 146 cm³/mol. The third-order valence-corrected chi connectivity index (χ3v) is 6.84. The highest BCUT2D eigenvalue weighted by Gasteiger charge is 2.39. The third kappa shape index (κ3) is 4.97. The topological polar surface area (TPSA) is 111 Å². The first-order valence-corrected chi connectivity index (χ1v) is 12.2. The monoisotopic (exact) mass is 563 g/mol. The number of aryl methyl sites for hydroxylation is 2. The molecule has 0 spiro atoms. The number of hydrogen-bond donors (Lipinski definition) is 4. The van der Waals surface area contributed by atoms with Crippen LogP contribution in [0.4, 0.5) is 28.9 Å². The minimum atomic E-state index is -4.70. The van der Waals surface area contributed by atoms with E-state index in [2.05, 4.69) is 15.8 Å². The largest absolute Gasteiger partial charge is 0.505 e. The number of phenols is 1. The van der Waals surface area contributed by atoms with Gasteiger partial charge in [-0.1, -0.05) is 30.3 Å². The zero-order valence-electron chi connectivity index (χ0n) is 21.5. The highest BCUT2D eigenvalue weighted by atomic mass is 19.4. The highest BCUT2D eigenvalue weighted by Crippen LogP contribution is 2.45. The average Bonchev–Trinajstić information content (AvgIpc) is 3.23. The minimum absolute atomic E-state index is 0.0427. The number of rotatable bonds is 5. The standard InChI is InChI=1S/C30H21F4N3O4/c1-14-6-7-16(12-15(14)2)24-21(30(32,33)34)10-9-19-25(24)35-28(39)26(19)37-36-23-5-3-4-18(27(23)38)20-13-17(29(40)41)8-11-22(20)31/h3-13,36,38H,1-2H3,(H,40,41)(H,35,37,39). The van der Waals surface area contributed by atoms with Gasteiger partial charge in [0.2, 0.25) is 0 Å². The molecule has 41 heavy (non-hydrogen) atoms. The Morgan fingerprint density at radius 3 is 2.37 bits per heavy atom. The molecule has 0 atom stereocenters. The SMILES string of the molecule is Cc1ccc(-c2c(C(F)(F)F)ccc3c2NC(=O)C3=NNc2cccc(-c3cc(C(=O)O)ccc3F)c2O)cc1C. The number of benzene rings is 4. The molecule has 4 N–H and O–H groups in total. The van der Waals surface area contributed by atoms with E-state index in [1.54, 1.807) is 25.1 Å². The van der Waals surface area contributed by atoms with Gasteiger partial charge in [-0.3, -0.25) is 10.2 Å². The summed E-state index contributed by atoms with van der Waals surface area (Å²) in [5.41, 5.74) is 2.68. The maximum atomic E-state index is 14.5. The lowest BCUT2D eigenvalue weighted by Crippen LogP contribution is -2.16. The number of fused-ring (bicyclic) bond motifs is 1. The minimum Gasteiger partial charge on any atom is -0.505 e. The van der Waals surface area contributed by atoms with Crippen molar-refractivity contribution in [3.8, 4) is 28.0 Å². The van der Waals surface area contributed by atoms with Gasteiger partial charge in [0.05, 0.1) is 22.5 Å². The summed E-state index contributed by atoms with van der Waals surface area (Å²) in [6.07, 6.45) is -4.70. The van der Waals surface area contributed by atoms with Crippen LogP contribution in [-0.2, 0) is 11.0 Å². The summed E-state index contributed by atoms with van der Waals surface area (Å²) in [6, 6.07) is 14.2. The molecule has 1 aliphatic rings. The molecule has 0 aliphatic carbocycles. The quantitative estimate of drug-likeness (QED) is 0.119. The van der Waals surface area contributed by atoms with Crippen LogP contribution in [0, 0.1) is 19.7 Å². The van der Waals surface area contributed by atoms with Crippen molar-refractivity contribution >= 4 is 29.0 Å². The number of amides is 1. The van der Waals surface area contributed by atoms with Crippen LogP contribution >= 0.6 is 0 Å². The fourth-order valence-electron chi connectivity index (χ4n) is 4.60. The molecule has 4 aromatic carbocycles. The van der Waals surface area contributed by atoms with Crippen LogP contribution in [-0.4, -0.2) is 27.8 Å². The number of anilines is 2. The summed E-state index contributed by atoms with van der Waals surface area (Å²) in [5, 5.41) is 26.6. The Bertz CT molecular complexity index is 1780. The van der Waals surface area contributed by atoms with Crippen LogP contribution < -0.4 is 10.7 Å². The molecule has 0 radical (unpaired) electrons.